The van der Waals surface area contributed by atoms with E-state index in [-0.39, 0.29) is 0 Å². The Balaban J connectivity index is 1.99. The summed E-state index contributed by atoms with van der Waals surface area (Å²) in [5.74, 6) is 0. The van der Waals surface area contributed by atoms with Gasteiger partial charge in [0.15, 0.2) is 0 Å². The molecule has 116 valence electrons. The molecule has 0 amide bonds. The van der Waals surface area contributed by atoms with E-state index in [1.165, 1.54) is 14.2 Å². The minimum atomic E-state index is -2.42. The summed E-state index contributed by atoms with van der Waals surface area (Å²) in [5.41, 5.74) is 1.51. The van der Waals surface area contributed by atoms with Gasteiger partial charge < -0.3 is 9.47 Å². The molecular weight excluding hydrogens is 303 g/mol. The topological polar surface area (TPSA) is 54.0 Å². The van der Waals surface area contributed by atoms with Gasteiger partial charge >= 0.3 is 8.25 Å². The predicted octanol–water partition coefficient (Wildman–Crippen LogP) is 4.37. The van der Waals surface area contributed by atoms with Gasteiger partial charge in [0, 0.05) is 29.9 Å². The van der Waals surface area contributed by atoms with Crippen molar-refractivity contribution in [2.75, 3.05) is 14.2 Å². The van der Waals surface area contributed by atoms with E-state index < -0.39 is 20.8 Å². The maximum absolute atomic E-state index is 12.1. The van der Waals surface area contributed by atoms with E-state index in [0.29, 0.717) is 0 Å². The lowest BCUT2D eigenvalue weighted by atomic mass is 10.2. The third kappa shape index (κ3) is 4.70. The van der Waals surface area contributed by atoms with Crippen LogP contribution in [0.4, 0.5) is 0 Å². The smallest absolute Gasteiger partial charge is 0.348 e. The molecule has 22 heavy (non-hydrogen) atoms. The molecule has 0 radical (unpaired) electrons. The summed E-state index contributed by atoms with van der Waals surface area (Å²) in [7, 11) is 0.538. The average Bonchev–Trinajstić information content (AvgIpc) is 2.59. The lowest BCUT2D eigenvalue weighted by Gasteiger charge is -2.11. The molecule has 0 aliphatic carbocycles. The second kappa shape index (κ2) is 8.73. The summed E-state index contributed by atoms with van der Waals surface area (Å²) >= 11 is 0. The van der Waals surface area contributed by atoms with Crippen LogP contribution in [-0.4, -0.2) is 14.2 Å². The van der Waals surface area contributed by atoms with Crippen molar-refractivity contribution >= 4 is 8.25 Å². The van der Waals surface area contributed by atoms with Gasteiger partial charge in [0.2, 0.25) is 12.6 Å². The molecule has 0 aromatic heterocycles. The van der Waals surface area contributed by atoms with Crippen LogP contribution in [0.5, 0.6) is 0 Å². The zero-order valence-electron chi connectivity index (χ0n) is 12.4. The monoisotopic (exact) mass is 321 g/mol. The lowest BCUT2D eigenvalue weighted by Crippen LogP contribution is -2.06. The second-order valence-corrected chi connectivity index (χ2v) is 5.26. The number of hydrogen-bond acceptors (Lipinski definition) is 5. The fourth-order valence-electron chi connectivity index (χ4n) is 1.88. The molecule has 0 aliphatic rings. The van der Waals surface area contributed by atoms with Gasteiger partial charge in [0.1, 0.15) is 0 Å². The molecule has 0 heterocycles. The zero-order valence-corrected chi connectivity index (χ0v) is 13.3. The van der Waals surface area contributed by atoms with E-state index in [4.69, 9.17) is 18.5 Å². The molecule has 6 heteroatoms. The highest BCUT2D eigenvalue weighted by Crippen LogP contribution is 2.38. The fourth-order valence-corrected chi connectivity index (χ4v) is 2.66. The maximum Gasteiger partial charge on any atom is 0.703 e. The van der Waals surface area contributed by atoms with Gasteiger partial charge in [-0.25, -0.2) is 0 Å². The zero-order chi connectivity index (χ0) is 15.8. The van der Waals surface area contributed by atoms with Gasteiger partial charge in [-0.3, -0.25) is 0 Å². The molecule has 0 saturated heterocycles. The van der Waals surface area contributed by atoms with Crippen molar-refractivity contribution in [1.82, 2.24) is 0 Å². The fraction of sp³-hybridized carbons (Fsp3) is 0.250. The summed E-state index contributed by atoms with van der Waals surface area (Å²) in [6.07, 6.45) is -1.53. The van der Waals surface area contributed by atoms with Gasteiger partial charge in [-0.05, 0) is 0 Å². The van der Waals surface area contributed by atoms with Crippen molar-refractivity contribution in [2.45, 2.75) is 12.6 Å². The van der Waals surface area contributed by atoms with Gasteiger partial charge in [-0.1, -0.05) is 69.7 Å². The predicted molar refractivity (Wildman–Crippen MR) is 82.2 cm³/mol. The third-order valence-corrected chi connectivity index (χ3v) is 3.66. The molecule has 2 atom stereocenters. The highest BCUT2D eigenvalue weighted by Gasteiger charge is 2.33. The molecule has 0 bridgehead atoms. The first-order chi connectivity index (χ1) is 10.7. The first-order valence-corrected chi connectivity index (χ1v) is 7.80. The Labute approximate surface area is 130 Å². The first kappa shape index (κ1) is 16.7. The molecule has 0 saturated carbocycles. The molecule has 2 rings (SSSR count). The van der Waals surface area contributed by atoms with Crippen molar-refractivity contribution < 1.29 is 23.1 Å². The van der Waals surface area contributed by atoms with Crippen LogP contribution in [0.1, 0.15) is 23.7 Å². The molecule has 0 fully saturated rings. The summed E-state index contributed by atoms with van der Waals surface area (Å²) in [6.45, 7) is 0. The Kier molecular flexibility index (Phi) is 6.65. The molecular formula is C16H18O5P+. The minimum absolute atomic E-state index is 0.755. The highest BCUT2D eigenvalue weighted by atomic mass is 31.1. The molecule has 2 aromatic carbocycles. The molecule has 2 unspecified atom stereocenters. The van der Waals surface area contributed by atoms with E-state index in [0.717, 1.165) is 11.1 Å². The molecule has 2 aromatic rings. The molecule has 0 spiro atoms. The number of methoxy groups -OCH3 is 2. The van der Waals surface area contributed by atoms with Crippen molar-refractivity contribution in [2.24, 2.45) is 0 Å². The van der Waals surface area contributed by atoms with Gasteiger partial charge in [0.25, 0.3) is 0 Å². The third-order valence-electron chi connectivity index (χ3n) is 2.94. The van der Waals surface area contributed by atoms with Crippen LogP contribution in [0, 0.1) is 0 Å². The number of benzene rings is 2. The maximum atomic E-state index is 12.1. The quantitative estimate of drug-likeness (QED) is 0.534. The van der Waals surface area contributed by atoms with Crippen molar-refractivity contribution in [3.05, 3.63) is 71.8 Å². The Morgan fingerprint density at radius 2 is 1.09 bits per heavy atom. The first-order valence-electron chi connectivity index (χ1n) is 6.71. The van der Waals surface area contributed by atoms with Crippen LogP contribution in [0.25, 0.3) is 0 Å². The Morgan fingerprint density at radius 1 is 0.727 bits per heavy atom. The number of rotatable bonds is 8. The van der Waals surface area contributed by atoms with Crippen LogP contribution in [0.15, 0.2) is 60.7 Å². The normalized spacial score (nSPS) is 14.4. The minimum Gasteiger partial charge on any atom is -0.348 e. The Hall–Kier alpha value is -1.62. The van der Waals surface area contributed by atoms with Crippen molar-refractivity contribution in [1.29, 1.82) is 0 Å². The number of hydrogen-bond donors (Lipinski definition) is 0. The van der Waals surface area contributed by atoms with Gasteiger partial charge in [-0.15, -0.1) is 0 Å². The average molecular weight is 321 g/mol. The number of ether oxygens (including phenoxy) is 2. The van der Waals surface area contributed by atoms with Crippen molar-refractivity contribution in [3.63, 3.8) is 0 Å². The molecule has 5 nitrogen and oxygen atoms in total. The van der Waals surface area contributed by atoms with Gasteiger partial charge in [0.05, 0.1) is 0 Å². The Bertz CT molecular complexity index is 524. The summed E-state index contributed by atoms with van der Waals surface area (Å²) < 4.78 is 33.1. The second-order valence-electron chi connectivity index (χ2n) is 4.39. The van der Waals surface area contributed by atoms with Crippen LogP contribution in [-0.2, 0) is 23.1 Å². The van der Waals surface area contributed by atoms with E-state index in [1.807, 2.05) is 60.7 Å². The van der Waals surface area contributed by atoms with E-state index in [9.17, 15) is 4.57 Å². The molecule has 0 N–H and O–H groups in total. The van der Waals surface area contributed by atoms with E-state index >= 15 is 0 Å². The van der Waals surface area contributed by atoms with Crippen LogP contribution in [0.2, 0.25) is 0 Å². The Morgan fingerprint density at radius 3 is 1.41 bits per heavy atom. The van der Waals surface area contributed by atoms with E-state index in [2.05, 4.69) is 0 Å². The summed E-state index contributed by atoms with van der Waals surface area (Å²) in [4.78, 5) is 0. The summed E-state index contributed by atoms with van der Waals surface area (Å²) in [5, 5.41) is 0. The van der Waals surface area contributed by atoms with Crippen molar-refractivity contribution in [3.8, 4) is 0 Å². The highest BCUT2D eigenvalue weighted by molar-refractivity contribution is 7.33. The summed E-state index contributed by atoms with van der Waals surface area (Å²) in [6, 6.07) is 18.4. The van der Waals surface area contributed by atoms with Crippen LogP contribution < -0.4 is 0 Å². The van der Waals surface area contributed by atoms with Crippen LogP contribution in [0.3, 0.4) is 0 Å². The largest absolute Gasteiger partial charge is 0.703 e. The SMILES string of the molecule is COC(O[P+](=O)OC(OC)c1ccccc1)c1ccccc1. The standard InChI is InChI=1S/C16H18O5P/c1-18-15(13-9-5-3-6-10-13)20-22(17)21-16(19-2)14-11-7-4-8-12-14/h3-12,15-16H,1-2H3/q+1. The lowest BCUT2D eigenvalue weighted by molar-refractivity contribution is -0.0930. The molecule has 0 aliphatic heterocycles. The van der Waals surface area contributed by atoms with Crippen LogP contribution >= 0.6 is 8.25 Å². The van der Waals surface area contributed by atoms with E-state index in [1.54, 1.807) is 0 Å². The van der Waals surface area contributed by atoms with Gasteiger partial charge in [-0.2, -0.15) is 0 Å².